The van der Waals surface area contributed by atoms with Crippen molar-refractivity contribution in [3.05, 3.63) is 60.2 Å². The normalized spacial score (nSPS) is 14.0. The van der Waals surface area contributed by atoms with Crippen LogP contribution < -0.4 is 10.6 Å². The van der Waals surface area contributed by atoms with Crippen LogP contribution in [0.2, 0.25) is 0 Å². The van der Waals surface area contributed by atoms with Gasteiger partial charge in [-0.2, -0.15) is 5.26 Å². The maximum atomic E-state index is 8.91. The topological polar surface area (TPSA) is 95.8 Å². The second kappa shape index (κ2) is 10.7. The number of aromatic nitrogens is 3. The number of rotatable bonds is 8. The van der Waals surface area contributed by atoms with E-state index in [-0.39, 0.29) is 5.69 Å². The van der Waals surface area contributed by atoms with E-state index in [0.717, 1.165) is 28.9 Å². The summed E-state index contributed by atoms with van der Waals surface area (Å²) in [7, 11) is 1.70. The molecule has 7 heteroatoms. The highest BCUT2D eigenvalue weighted by molar-refractivity contribution is 5.79. The van der Waals surface area contributed by atoms with Gasteiger partial charge >= 0.3 is 0 Å². The molecule has 1 aliphatic rings. The summed E-state index contributed by atoms with van der Waals surface area (Å²) in [4.78, 5) is 12.9. The smallest absolute Gasteiger partial charge is 0.158 e. The Kier molecular flexibility index (Phi) is 7.26. The number of ether oxygens (including phenoxy) is 1. The van der Waals surface area contributed by atoms with Gasteiger partial charge in [0.2, 0.25) is 0 Å². The summed E-state index contributed by atoms with van der Waals surface area (Å²) in [6, 6.07) is 12.4. The lowest BCUT2D eigenvalue weighted by Gasteiger charge is -2.23. The average molecular weight is 429 g/mol. The van der Waals surface area contributed by atoms with E-state index >= 15 is 0 Å². The van der Waals surface area contributed by atoms with Crippen molar-refractivity contribution in [2.24, 2.45) is 5.92 Å². The van der Waals surface area contributed by atoms with Crippen LogP contribution in [0.4, 0.5) is 17.3 Å². The van der Waals surface area contributed by atoms with E-state index in [1.54, 1.807) is 7.11 Å². The van der Waals surface area contributed by atoms with Gasteiger partial charge in [0.25, 0.3) is 0 Å². The highest BCUT2D eigenvalue weighted by Crippen LogP contribution is 2.32. The zero-order valence-corrected chi connectivity index (χ0v) is 18.3. The first-order chi connectivity index (χ1) is 15.7. The molecule has 164 valence electrons. The summed E-state index contributed by atoms with van der Waals surface area (Å²) in [6.07, 6.45) is 11.4. The SMILES string of the molecule is COCc1ccc(-c2cnc(Nc3cnc(C#N)cn3)cc2NCC2CCCCC2)cc1. The van der Waals surface area contributed by atoms with Crippen molar-refractivity contribution < 1.29 is 4.74 Å². The Balaban J connectivity index is 1.57. The lowest BCUT2D eigenvalue weighted by molar-refractivity contribution is 0.185. The number of nitrogens with zero attached hydrogens (tertiary/aromatic N) is 4. The Morgan fingerprint density at radius 2 is 1.78 bits per heavy atom. The monoisotopic (exact) mass is 428 g/mol. The van der Waals surface area contributed by atoms with Crippen molar-refractivity contribution in [2.45, 2.75) is 38.7 Å². The van der Waals surface area contributed by atoms with Gasteiger partial charge in [0.05, 0.1) is 19.0 Å². The van der Waals surface area contributed by atoms with Gasteiger partial charge in [-0.05, 0) is 29.9 Å². The molecule has 1 saturated carbocycles. The number of pyridine rings is 1. The zero-order valence-electron chi connectivity index (χ0n) is 18.3. The van der Waals surface area contributed by atoms with Crippen LogP contribution in [-0.4, -0.2) is 28.6 Å². The molecule has 7 nitrogen and oxygen atoms in total. The molecule has 0 unspecified atom stereocenters. The molecule has 1 fully saturated rings. The quantitative estimate of drug-likeness (QED) is 0.503. The molecule has 32 heavy (non-hydrogen) atoms. The first-order valence-corrected chi connectivity index (χ1v) is 11.1. The summed E-state index contributed by atoms with van der Waals surface area (Å²) in [5, 5.41) is 15.8. The number of methoxy groups -OCH3 is 1. The molecule has 0 amide bonds. The average Bonchev–Trinajstić information content (AvgIpc) is 2.85. The number of hydrogen-bond acceptors (Lipinski definition) is 7. The van der Waals surface area contributed by atoms with Crippen LogP contribution in [0.1, 0.15) is 43.4 Å². The summed E-state index contributed by atoms with van der Waals surface area (Å²) in [5.74, 6) is 1.93. The van der Waals surface area contributed by atoms with Gasteiger partial charge in [0, 0.05) is 37.2 Å². The third-order valence-corrected chi connectivity index (χ3v) is 5.81. The minimum atomic E-state index is 0.283. The molecule has 4 rings (SSSR count). The van der Waals surface area contributed by atoms with Crippen molar-refractivity contribution in [2.75, 3.05) is 24.3 Å². The fourth-order valence-electron chi connectivity index (χ4n) is 4.07. The lowest BCUT2D eigenvalue weighted by Crippen LogP contribution is -2.17. The minimum absolute atomic E-state index is 0.283. The molecule has 0 spiro atoms. The second-order valence-electron chi connectivity index (χ2n) is 8.15. The first kappa shape index (κ1) is 21.7. The van der Waals surface area contributed by atoms with E-state index in [9.17, 15) is 0 Å². The van der Waals surface area contributed by atoms with Crippen molar-refractivity contribution in [3.8, 4) is 17.2 Å². The van der Waals surface area contributed by atoms with E-state index in [1.165, 1.54) is 44.5 Å². The number of nitriles is 1. The molecule has 0 aliphatic heterocycles. The van der Waals surface area contributed by atoms with Crippen molar-refractivity contribution in [1.82, 2.24) is 15.0 Å². The van der Waals surface area contributed by atoms with Crippen LogP contribution in [0.3, 0.4) is 0 Å². The minimum Gasteiger partial charge on any atom is -0.384 e. The van der Waals surface area contributed by atoms with E-state index in [4.69, 9.17) is 10.00 Å². The number of nitrogens with one attached hydrogen (secondary N) is 2. The fraction of sp³-hybridized carbons (Fsp3) is 0.360. The van der Waals surface area contributed by atoms with Gasteiger partial charge in [0.1, 0.15) is 17.7 Å². The van der Waals surface area contributed by atoms with Crippen LogP contribution in [-0.2, 0) is 11.3 Å². The molecule has 3 aromatic rings. The third-order valence-electron chi connectivity index (χ3n) is 5.81. The van der Waals surface area contributed by atoms with Gasteiger partial charge in [-0.15, -0.1) is 0 Å². The van der Waals surface area contributed by atoms with Crippen LogP contribution in [0, 0.1) is 17.2 Å². The molecule has 2 aromatic heterocycles. The Morgan fingerprint density at radius 1 is 1.00 bits per heavy atom. The van der Waals surface area contributed by atoms with Gasteiger partial charge in [0.15, 0.2) is 5.69 Å². The maximum absolute atomic E-state index is 8.91. The fourth-order valence-corrected chi connectivity index (χ4v) is 4.07. The molecule has 2 heterocycles. The number of benzene rings is 1. The van der Waals surface area contributed by atoms with E-state index < -0.39 is 0 Å². The molecule has 1 aliphatic carbocycles. The summed E-state index contributed by atoms with van der Waals surface area (Å²) in [6.45, 7) is 1.55. The molecule has 0 saturated heterocycles. The van der Waals surface area contributed by atoms with Gasteiger partial charge in [-0.1, -0.05) is 43.5 Å². The second-order valence-corrected chi connectivity index (χ2v) is 8.15. The van der Waals surface area contributed by atoms with Crippen molar-refractivity contribution in [1.29, 1.82) is 5.26 Å². The van der Waals surface area contributed by atoms with Crippen LogP contribution in [0.15, 0.2) is 48.9 Å². The Hall–Kier alpha value is -3.50. The predicted molar refractivity (Wildman–Crippen MR) is 125 cm³/mol. The summed E-state index contributed by atoms with van der Waals surface area (Å²) in [5.41, 5.74) is 4.62. The van der Waals surface area contributed by atoms with E-state index in [2.05, 4.69) is 49.9 Å². The molecule has 0 atom stereocenters. The van der Waals surface area contributed by atoms with E-state index in [1.807, 2.05) is 18.3 Å². The Labute approximate surface area is 188 Å². The Bertz CT molecular complexity index is 1050. The zero-order chi connectivity index (χ0) is 22.2. The molecule has 0 bridgehead atoms. The number of hydrogen-bond donors (Lipinski definition) is 2. The molecule has 2 N–H and O–H groups in total. The maximum Gasteiger partial charge on any atom is 0.158 e. The largest absolute Gasteiger partial charge is 0.384 e. The number of anilines is 3. The predicted octanol–water partition coefficient (Wildman–Crippen LogP) is 5.29. The van der Waals surface area contributed by atoms with Crippen LogP contribution >= 0.6 is 0 Å². The van der Waals surface area contributed by atoms with Crippen LogP contribution in [0.25, 0.3) is 11.1 Å². The highest BCUT2D eigenvalue weighted by Gasteiger charge is 2.15. The summed E-state index contributed by atoms with van der Waals surface area (Å²) < 4.78 is 5.23. The molecule has 0 radical (unpaired) electrons. The Morgan fingerprint density at radius 3 is 2.47 bits per heavy atom. The van der Waals surface area contributed by atoms with Gasteiger partial charge in [-0.25, -0.2) is 15.0 Å². The molecule has 1 aromatic carbocycles. The van der Waals surface area contributed by atoms with Crippen LogP contribution in [0.5, 0.6) is 0 Å². The first-order valence-electron chi connectivity index (χ1n) is 11.1. The molecular weight excluding hydrogens is 400 g/mol. The lowest BCUT2D eigenvalue weighted by atomic mass is 9.89. The highest BCUT2D eigenvalue weighted by atomic mass is 16.5. The van der Waals surface area contributed by atoms with Gasteiger partial charge < -0.3 is 15.4 Å². The van der Waals surface area contributed by atoms with E-state index in [0.29, 0.717) is 24.2 Å². The standard InChI is InChI=1S/C25H28N6O/c1-32-17-19-7-9-20(10-8-19)22-15-30-24(31-25-16-27-21(12-26)14-29-25)11-23(22)28-13-18-5-3-2-4-6-18/h7-11,14-16,18H,2-6,13,17H2,1H3,(H2,28,29,30,31). The molecular formula is C25H28N6O. The summed E-state index contributed by atoms with van der Waals surface area (Å²) >= 11 is 0. The third kappa shape index (κ3) is 5.59. The van der Waals surface area contributed by atoms with Crippen molar-refractivity contribution >= 4 is 17.3 Å². The van der Waals surface area contributed by atoms with Gasteiger partial charge in [-0.3, -0.25) is 0 Å². The van der Waals surface area contributed by atoms with Crippen molar-refractivity contribution in [3.63, 3.8) is 0 Å².